The third kappa shape index (κ3) is 3.37. The van der Waals surface area contributed by atoms with Crippen LogP contribution in [0.3, 0.4) is 0 Å². The molecule has 0 heterocycles. The highest BCUT2D eigenvalue weighted by Gasteiger charge is 2.40. The lowest BCUT2D eigenvalue weighted by Gasteiger charge is -2.23. The highest BCUT2D eigenvalue weighted by Crippen LogP contribution is 2.44. The van der Waals surface area contributed by atoms with E-state index in [1.54, 1.807) is 24.3 Å². The van der Waals surface area contributed by atoms with Gasteiger partial charge in [-0.2, -0.15) is 0 Å². The van der Waals surface area contributed by atoms with Crippen molar-refractivity contribution in [2.24, 2.45) is 11.8 Å². The number of anilines is 1. The summed E-state index contributed by atoms with van der Waals surface area (Å²) >= 11 is 0. The van der Waals surface area contributed by atoms with Gasteiger partial charge < -0.3 is 5.32 Å². The zero-order valence-corrected chi connectivity index (χ0v) is 12.8. The van der Waals surface area contributed by atoms with E-state index < -0.39 is 10.0 Å². The molecule has 114 valence electrons. The Morgan fingerprint density at radius 3 is 2.67 bits per heavy atom. The van der Waals surface area contributed by atoms with E-state index in [0.717, 1.165) is 18.6 Å². The first-order chi connectivity index (χ1) is 9.90. The molecule has 2 aliphatic rings. The van der Waals surface area contributed by atoms with Gasteiger partial charge in [0.2, 0.25) is 10.0 Å². The molecule has 1 aromatic carbocycles. The van der Waals surface area contributed by atoms with Gasteiger partial charge in [0.25, 0.3) is 5.91 Å². The molecule has 1 amide bonds. The number of sulfonamides is 1. The number of rotatable bonds is 4. The molecule has 0 unspecified atom stereocenters. The maximum absolute atomic E-state index is 12.3. The smallest absolute Gasteiger partial charge is 0.251 e. The summed E-state index contributed by atoms with van der Waals surface area (Å²) in [6.45, 7) is 0. The Morgan fingerprint density at radius 2 is 2.05 bits per heavy atom. The van der Waals surface area contributed by atoms with Gasteiger partial charge in [-0.05, 0) is 49.3 Å². The predicted molar refractivity (Wildman–Crippen MR) is 81.6 cm³/mol. The van der Waals surface area contributed by atoms with Crippen molar-refractivity contribution in [2.75, 3.05) is 11.0 Å². The van der Waals surface area contributed by atoms with Crippen LogP contribution in [0.5, 0.6) is 0 Å². The maximum atomic E-state index is 12.3. The lowest BCUT2D eigenvalue weighted by Crippen LogP contribution is -2.38. The first-order valence-electron chi connectivity index (χ1n) is 7.29. The summed E-state index contributed by atoms with van der Waals surface area (Å²) in [6.07, 6.45) is 5.92. The molecule has 0 spiro atoms. The van der Waals surface area contributed by atoms with Gasteiger partial charge in [0.1, 0.15) is 0 Å². The molecule has 3 rings (SSSR count). The Morgan fingerprint density at radius 1 is 1.24 bits per heavy atom. The highest BCUT2D eigenvalue weighted by atomic mass is 32.2. The lowest BCUT2D eigenvalue weighted by atomic mass is 9.95. The van der Waals surface area contributed by atoms with Gasteiger partial charge in [0, 0.05) is 17.3 Å². The minimum absolute atomic E-state index is 0.121. The molecule has 1 aromatic rings. The summed E-state index contributed by atoms with van der Waals surface area (Å²) in [4.78, 5) is 12.3. The van der Waals surface area contributed by atoms with E-state index >= 15 is 0 Å². The number of hydrogen-bond acceptors (Lipinski definition) is 3. The Kier molecular flexibility index (Phi) is 3.65. The number of carbonyl (C=O) groups is 1. The van der Waals surface area contributed by atoms with Crippen molar-refractivity contribution < 1.29 is 13.2 Å². The average Bonchev–Trinajstić information content (AvgIpc) is 2.99. The minimum Gasteiger partial charge on any atom is -0.349 e. The van der Waals surface area contributed by atoms with E-state index in [9.17, 15) is 13.2 Å². The summed E-state index contributed by atoms with van der Waals surface area (Å²) < 4.78 is 24.9. The Balaban J connectivity index is 1.68. The van der Waals surface area contributed by atoms with Crippen LogP contribution in [0.15, 0.2) is 24.3 Å². The van der Waals surface area contributed by atoms with E-state index in [2.05, 4.69) is 10.0 Å². The van der Waals surface area contributed by atoms with Crippen molar-refractivity contribution in [2.45, 2.75) is 31.7 Å². The van der Waals surface area contributed by atoms with Gasteiger partial charge in [0.05, 0.1) is 6.26 Å². The quantitative estimate of drug-likeness (QED) is 0.893. The summed E-state index contributed by atoms with van der Waals surface area (Å²) in [5, 5.41) is 3.10. The molecule has 6 heteroatoms. The number of nitrogens with one attached hydrogen (secondary N) is 2. The summed E-state index contributed by atoms with van der Waals surface area (Å²) in [5.74, 6) is 1.28. The summed E-state index contributed by atoms with van der Waals surface area (Å²) in [7, 11) is -3.33. The largest absolute Gasteiger partial charge is 0.349 e. The van der Waals surface area contributed by atoms with E-state index in [0.29, 0.717) is 17.2 Å². The number of amides is 1. The monoisotopic (exact) mass is 308 g/mol. The van der Waals surface area contributed by atoms with Crippen LogP contribution in [0.25, 0.3) is 0 Å². The van der Waals surface area contributed by atoms with Gasteiger partial charge in [0.15, 0.2) is 0 Å². The third-order valence-corrected chi connectivity index (χ3v) is 5.09. The van der Waals surface area contributed by atoms with E-state index in [4.69, 9.17) is 0 Å². The Bertz CT molecular complexity index is 657. The zero-order valence-electron chi connectivity index (χ0n) is 12.0. The van der Waals surface area contributed by atoms with Crippen molar-refractivity contribution in [3.63, 3.8) is 0 Å². The van der Waals surface area contributed by atoms with Crippen LogP contribution in [-0.4, -0.2) is 26.6 Å². The molecule has 2 fully saturated rings. The predicted octanol–water partition coefficient (Wildman–Crippen LogP) is 1.98. The second kappa shape index (κ2) is 5.33. The van der Waals surface area contributed by atoms with Crippen LogP contribution in [-0.2, 0) is 10.0 Å². The zero-order chi connectivity index (χ0) is 15.0. The van der Waals surface area contributed by atoms with Crippen molar-refractivity contribution in [3.05, 3.63) is 29.8 Å². The number of fused-ring (bicyclic) bond motifs is 2. The highest BCUT2D eigenvalue weighted by molar-refractivity contribution is 7.92. The number of benzene rings is 1. The van der Waals surface area contributed by atoms with E-state index in [1.807, 2.05) is 0 Å². The fraction of sp³-hybridized carbons (Fsp3) is 0.533. The fourth-order valence-corrected chi connectivity index (χ4v) is 4.17. The van der Waals surface area contributed by atoms with Crippen LogP contribution in [0.4, 0.5) is 5.69 Å². The first kappa shape index (κ1) is 14.4. The van der Waals surface area contributed by atoms with Gasteiger partial charge >= 0.3 is 0 Å². The average molecular weight is 308 g/mol. The number of hydrogen-bond donors (Lipinski definition) is 2. The molecule has 3 atom stereocenters. The topological polar surface area (TPSA) is 75.3 Å². The van der Waals surface area contributed by atoms with Crippen molar-refractivity contribution in [1.29, 1.82) is 0 Å². The van der Waals surface area contributed by atoms with Crippen molar-refractivity contribution >= 4 is 21.6 Å². The van der Waals surface area contributed by atoms with Crippen molar-refractivity contribution in [1.82, 2.24) is 5.32 Å². The molecule has 2 N–H and O–H groups in total. The van der Waals surface area contributed by atoms with Gasteiger partial charge in [-0.25, -0.2) is 8.42 Å². The van der Waals surface area contributed by atoms with E-state index in [1.165, 1.54) is 19.3 Å². The van der Waals surface area contributed by atoms with Gasteiger partial charge in [-0.1, -0.05) is 12.5 Å². The van der Waals surface area contributed by atoms with Crippen LogP contribution in [0.2, 0.25) is 0 Å². The Hall–Kier alpha value is -1.56. The third-order valence-electron chi connectivity index (χ3n) is 4.48. The fourth-order valence-electron chi connectivity index (χ4n) is 3.61. The van der Waals surface area contributed by atoms with Gasteiger partial charge in [-0.3, -0.25) is 9.52 Å². The van der Waals surface area contributed by atoms with E-state index in [-0.39, 0.29) is 11.9 Å². The normalized spacial score (nSPS) is 27.6. The van der Waals surface area contributed by atoms with Crippen LogP contribution in [0, 0.1) is 11.8 Å². The Labute approximate surface area is 125 Å². The standard InChI is InChI=1S/C15H20N2O3S/c1-21(19,20)17-13-4-2-3-12(9-13)15(18)16-14-8-10-5-6-11(14)7-10/h2-4,9-11,14,17H,5-8H2,1H3,(H,16,18)/t10-,11-,14-/m1/s1. The number of carbonyl (C=O) groups excluding carboxylic acids is 1. The van der Waals surface area contributed by atoms with Crippen LogP contribution in [0.1, 0.15) is 36.0 Å². The lowest BCUT2D eigenvalue weighted by molar-refractivity contribution is 0.0923. The molecule has 0 aliphatic heterocycles. The molecule has 2 aliphatic carbocycles. The molecule has 0 saturated heterocycles. The van der Waals surface area contributed by atoms with Crippen molar-refractivity contribution in [3.8, 4) is 0 Å². The summed E-state index contributed by atoms with van der Waals surface area (Å²) in [5.41, 5.74) is 0.907. The van der Waals surface area contributed by atoms with Crippen LogP contribution < -0.4 is 10.0 Å². The second-order valence-corrected chi connectivity index (χ2v) is 7.96. The molecular weight excluding hydrogens is 288 g/mol. The molecule has 5 nitrogen and oxygen atoms in total. The second-order valence-electron chi connectivity index (χ2n) is 6.21. The molecule has 21 heavy (non-hydrogen) atoms. The first-order valence-corrected chi connectivity index (χ1v) is 9.18. The summed E-state index contributed by atoms with van der Waals surface area (Å²) in [6, 6.07) is 6.88. The van der Waals surface area contributed by atoms with Crippen LogP contribution >= 0.6 is 0 Å². The molecule has 0 radical (unpaired) electrons. The molecule has 2 saturated carbocycles. The minimum atomic E-state index is -3.33. The molecular formula is C15H20N2O3S. The molecule has 2 bridgehead atoms. The van der Waals surface area contributed by atoms with Gasteiger partial charge in [-0.15, -0.1) is 0 Å². The SMILES string of the molecule is CS(=O)(=O)Nc1cccc(C(=O)N[C@@H]2C[C@@H]3CC[C@@H]2C3)c1. The molecule has 0 aromatic heterocycles. The maximum Gasteiger partial charge on any atom is 0.251 e.